The number of likely N-dealkylation sites (tertiary alicyclic amines) is 1. The highest BCUT2D eigenvalue weighted by Crippen LogP contribution is 2.48. The van der Waals surface area contributed by atoms with Crippen LogP contribution in [0.25, 0.3) is 0 Å². The molecule has 2 fully saturated rings. The fourth-order valence-corrected chi connectivity index (χ4v) is 5.10. The van der Waals surface area contributed by atoms with E-state index in [0.717, 1.165) is 36.7 Å². The van der Waals surface area contributed by atoms with Gasteiger partial charge in [0, 0.05) is 30.3 Å². The molecule has 1 saturated carbocycles. The lowest BCUT2D eigenvalue weighted by Gasteiger charge is -2.32. The van der Waals surface area contributed by atoms with Crippen molar-refractivity contribution < 1.29 is 23.3 Å². The number of nitrogens with one attached hydrogen (secondary N) is 1. The molecule has 3 aromatic rings. The molecule has 2 amide bonds. The molecule has 0 radical (unpaired) electrons. The monoisotopic (exact) mass is 520 g/mol. The standard InChI is InChI=1S/C28H26F2N4O4/c1-16-12-25(31-15-26(16)34(37)38)28(36)33-10-8-18(9-11-33)17-2-5-20(6-3-17)32-27(35)22-14-21(22)19-4-7-23(29)24(30)13-19/h2-7,12-13,15,18,21-22H,8-11,14H2,1H3,(H,32,35). The van der Waals surface area contributed by atoms with Crippen LogP contribution in [0, 0.1) is 34.6 Å². The van der Waals surface area contributed by atoms with E-state index in [0.29, 0.717) is 36.3 Å². The molecule has 8 nitrogen and oxygen atoms in total. The predicted octanol–water partition coefficient (Wildman–Crippen LogP) is 5.34. The van der Waals surface area contributed by atoms with Crippen molar-refractivity contribution in [3.05, 3.63) is 98.9 Å². The molecule has 2 unspecified atom stereocenters. The zero-order valence-electron chi connectivity index (χ0n) is 20.7. The van der Waals surface area contributed by atoms with E-state index in [1.807, 2.05) is 24.3 Å². The number of anilines is 1. The molecule has 5 rings (SSSR count). The van der Waals surface area contributed by atoms with Crippen LogP contribution in [-0.4, -0.2) is 39.7 Å². The van der Waals surface area contributed by atoms with Gasteiger partial charge in [0.05, 0.1) is 4.92 Å². The minimum absolute atomic E-state index is 0.109. The second kappa shape index (κ2) is 10.3. The Morgan fingerprint density at radius 3 is 2.34 bits per heavy atom. The van der Waals surface area contributed by atoms with Crippen LogP contribution in [0.15, 0.2) is 54.7 Å². The first-order valence-electron chi connectivity index (χ1n) is 12.5. The molecule has 2 aliphatic rings. The first kappa shape index (κ1) is 25.4. The largest absolute Gasteiger partial charge is 0.337 e. The van der Waals surface area contributed by atoms with Crippen molar-refractivity contribution in [3.8, 4) is 0 Å². The van der Waals surface area contributed by atoms with Crippen molar-refractivity contribution >= 4 is 23.2 Å². The summed E-state index contributed by atoms with van der Waals surface area (Å²) in [7, 11) is 0. The molecule has 2 atom stereocenters. The SMILES string of the molecule is Cc1cc(C(=O)N2CCC(c3ccc(NC(=O)C4CC4c4ccc(F)c(F)c4)cc3)CC2)ncc1[N+](=O)[O-]. The first-order chi connectivity index (χ1) is 18.2. The zero-order valence-corrected chi connectivity index (χ0v) is 20.7. The van der Waals surface area contributed by atoms with Crippen LogP contribution in [0.2, 0.25) is 0 Å². The quantitative estimate of drug-likeness (QED) is 0.349. The van der Waals surface area contributed by atoms with Crippen molar-refractivity contribution in [2.24, 2.45) is 5.92 Å². The molecule has 1 saturated heterocycles. The molecule has 1 aliphatic carbocycles. The summed E-state index contributed by atoms with van der Waals surface area (Å²) in [5.74, 6) is -2.30. The highest BCUT2D eigenvalue weighted by molar-refractivity contribution is 5.95. The second-order valence-corrected chi connectivity index (χ2v) is 9.91. The maximum absolute atomic E-state index is 13.5. The number of pyridine rings is 1. The molecule has 0 spiro atoms. The van der Waals surface area contributed by atoms with Crippen molar-refractivity contribution in [1.82, 2.24) is 9.88 Å². The van der Waals surface area contributed by atoms with Gasteiger partial charge in [-0.25, -0.2) is 13.8 Å². The number of aromatic nitrogens is 1. The molecular formula is C28H26F2N4O4. The Morgan fingerprint density at radius 2 is 1.71 bits per heavy atom. The third-order valence-electron chi connectivity index (χ3n) is 7.43. The van der Waals surface area contributed by atoms with Gasteiger partial charge >= 0.3 is 0 Å². The van der Waals surface area contributed by atoms with Gasteiger partial charge in [-0.05, 0) is 79.5 Å². The number of carbonyl (C=O) groups is 2. The molecule has 1 aliphatic heterocycles. The lowest BCUT2D eigenvalue weighted by atomic mass is 9.89. The van der Waals surface area contributed by atoms with E-state index in [-0.39, 0.29) is 40.9 Å². The minimum Gasteiger partial charge on any atom is -0.337 e. The summed E-state index contributed by atoms with van der Waals surface area (Å²) in [5.41, 5.74) is 2.90. The smallest absolute Gasteiger partial charge is 0.290 e. The number of aryl methyl sites for hydroxylation is 1. The molecular weight excluding hydrogens is 494 g/mol. The van der Waals surface area contributed by atoms with Crippen LogP contribution in [0.1, 0.15) is 58.3 Å². The highest BCUT2D eigenvalue weighted by Gasteiger charge is 2.44. The molecule has 1 aromatic heterocycles. The maximum atomic E-state index is 13.5. The zero-order chi connectivity index (χ0) is 27.0. The van der Waals surface area contributed by atoms with Crippen LogP contribution >= 0.6 is 0 Å². The van der Waals surface area contributed by atoms with Gasteiger partial charge < -0.3 is 10.2 Å². The number of hydrogen-bond acceptors (Lipinski definition) is 5. The minimum atomic E-state index is -0.905. The van der Waals surface area contributed by atoms with E-state index in [1.165, 1.54) is 12.1 Å². The van der Waals surface area contributed by atoms with Gasteiger partial charge in [-0.15, -0.1) is 0 Å². The van der Waals surface area contributed by atoms with Gasteiger partial charge in [-0.3, -0.25) is 19.7 Å². The Bertz CT molecular complexity index is 1400. The fraction of sp³-hybridized carbons (Fsp3) is 0.321. The van der Waals surface area contributed by atoms with Gasteiger partial charge in [0.25, 0.3) is 11.6 Å². The number of halogens is 2. The fourth-order valence-electron chi connectivity index (χ4n) is 5.10. The predicted molar refractivity (Wildman–Crippen MR) is 136 cm³/mol. The van der Waals surface area contributed by atoms with Crippen LogP contribution in [-0.2, 0) is 4.79 Å². The third-order valence-corrected chi connectivity index (χ3v) is 7.43. The number of rotatable bonds is 6. The van der Waals surface area contributed by atoms with E-state index in [4.69, 9.17) is 0 Å². The van der Waals surface area contributed by atoms with Gasteiger partial charge in [0.1, 0.15) is 11.9 Å². The molecule has 0 bridgehead atoms. The van der Waals surface area contributed by atoms with Crippen molar-refractivity contribution in [2.45, 2.75) is 38.0 Å². The number of amides is 2. The number of nitrogens with zero attached hydrogens (tertiary/aromatic N) is 3. The summed E-state index contributed by atoms with van der Waals surface area (Å²) in [5, 5.41) is 13.9. The first-order valence-corrected chi connectivity index (χ1v) is 12.5. The van der Waals surface area contributed by atoms with Crippen molar-refractivity contribution in [2.75, 3.05) is 18.4 Å². The lowest BCUT2D eigenvalue weighted by Crippen LogP contribution is -2.38. The lowest BCUT2D eigenvalue weighted by molar-refractivity contribution is -0.385. The molecule has 38 heavy (non-hydrogen) atoms. The van der Waals surface area contributed by atoms with E-state index < -0.39 is 16.6 Å². The Balaban J connectivity index is 1.13. The summed E-state index contributed by atoms with van der Waals surface area (Å²) in [4.78, 5) is 41.7. The third kappa shape index (κ3) is 5.25. The Hall–Kier alpha value is -4.21. The highest BCUT2D eigenvalue weighted by atomic mass is 19.2. The number of benzene rings is 2. The van der Waals surface area contributed by atoms with Gasteiger partial charge in [-0.2, -0.15) is 0 Å². The molecule has 1 N–H and O–H groups in total. The second-order valence-electron chi connectivity index (χ2n) is 9.91. The number of carbonyl (C=O) groups excluding carboxylic acids is 2. The summed E-state index contributed by atoms with van der Waals surface area (Å²) < 4.78 is 26.7. The Morgan fingerprint density at radius 1 is 1.03 bits per heavy atom. The van der Waals surface area contributed by atoms with Crippen LogP contribution in [0.3, 0.4) is 0 Å². The Kier molecular flexibility index (Phi) is 6.88. The molecule has 2 heterocycles. The summed E-state index contributed by atoms with van der Waals surface area (Å²) >= 11 is 0. The summed E-state index contributed by atoms with van der Waals surface area (Å²) in [6.45, 7) is 2.68. The van der Waals surface area contributed by atoms with Crippen molar-refractivity contribution in [1.29, 1.82) is 0 Å². The van der Waals surface area contributed by atoms with Gasteiger partial charge in [0.15, 0.2) is 11.6 Å². The van der Waals surface area contributed by atoms with Crippen LogP contribution in [0.5, 0.6) is 0 Å². The van der Waals surface area contributed by atoms with E-state index in [9.17, 15) is 28.5 Å². The number of hydrogen-bond donors (Lipinski definition) is 1. The van der Waals surface area contributed by atoms with E-state index in [2.05, 4.69) is 10.3 Å². The van der Waals surface area contributed by atoms with Crippen LogP contribution < -0.4 is 5.32 Å². The molecule has 2 aromatic carbocycles. The average molecular weight is 521 g/mol. The molecule has 10 heteroatoms. The topological polar surface area (TPSA) is 105 Å². The van der Waals surface area contributed by atoms with Crippen molar-refractivity contribution in [3.63, 3.8) is 0 Å². The van der Waals surface area contributed by atoms with Crippen LogP contribution in [0.4, 0.5) is 20.2 Å². The maximum Gasteiger partial charge on any atom is 0.290 e. The number of piperidine rings is 1. The Labute approximate surface area is 217 Å². The molecule has 196 valence electrons. The van der Waals surface area contributed by atoms with E-state index in [1.54, 1.807) is 11.8 Å². The normalized spacial score (nSPS) is 19.2. The van der Waals surface area contributed by atoms with Gasteiger partial charge in [-0.1, -0.05) is 18.2 Å². The summed E-state index contributed by atoms with van der Waals surface area (Å²) in [6, 6.07) is 12.9. The number of nitro groups is 1. The summed E-state index contributed by atoms with van der Waals surface area (Å²) in [6.07, 6.45) is 3.26. The average Bonchev–Trinajstić information content (AvgIpc) is 3.71. The van der Waals surface area contributed by atoms with E-state index >= 15 is 0 Å². The van der Waals surface area contributed by atoms with Gasteiger partial charge in [0.2, 0.25) is 5.91 Å².